The lowest BCUT2D eigenvalue weighted by Crippen LogP contribution is -1.86. The van der Waals surface area contributed by atoms with Crippen LogP contribution in [-0.2, 0) is 0 Å². The molecule has 1 aromatic carbocycles. The molecular formula is C11H8BrFOS. The summed E-state index contributed by atoms with van der Waals surface area (Å²) < 4.78 is 19.6. The van der Waals surface area contributed by atoms with Gasteiger partial charge in [-0.15, -0.1) is 11.3 Å². The second-order valence-corrected chi connectivity index (χ2v) is 4.80. The van der Waals surface area contributed by atoms with E-state index in [1.165, 1.54) is 24.5 Å². The van der Waals surface area contributed by atoms with E-state index in [0.29, 0.717) is 11.3 Å². The highest BCUT2D eigenvalue weighted by Crippen LogP contribution is 2.32. The lowest BCUT2D eigenvalue weighted by atomic mass is 10.1. The average molecular weight is 287 g/mol. The van der Waals surface area contributed by atoms with Crippen LogP contribution in [-0.4, -0.2) is 7.11 Å². The summed E-state index contributed by atoms with van der Waals surface area (Å²) in [6, 6.07) is 6.77. The summed E-state index contributed by atoms with van der Waals surface area (Å²) >= 11 is 4.85. The minimum Gasteiger partial charge on any atom is -0.497 e. The molecule has 0 saturated heterocycles. The first kappa shape index (κ1) is 10.6. The van der Waals surface area contributed by atoms with Gasteiger partial charge in [-0.2, -0.15) is 0 Å². The molecule has 0 fully saturated rings. The van der Waals surface area contributed by atoms with Gasteiger partial charge in [0.2, 0.25) is 0 Å². The molecule has 0 amide bonds. The Morgan fingerprint density at radius 2 is 2.13 bits per heavy atom. The van der Waals surface area contributed by atoms with Crippen LogP contribution in [0, 0.1) is 5.82 Å². The number of hydrogen-bond donors (Lipinski definition) is 0. The van der Waals surface area contributed by atoms with Crippen molar-refractivity contribution in [3.8, 4) is 16.2 Å². The molecule has 78 valence electrons. The molecule has 0 saturated carbocycles. The lowest BCUT2D eigenvalue weighted by molar-refractivity contribution is 0.411. The van der Waals surface area contributed by atoms with Crippen LogP contribution in [0.4, 0.5) is 4.39 Å². The number of hydrogen-bond acceptors (Lipinski definition) is 2. The third-order valence-electron chi connectivity index (χ3n) is 2.01. The van der Waals surface area contributed by atoms with Crippen LogP contribution in [0.15, 0.2) is 34.1 Å². The summed E-state index contributed by atoms with van der Waals surface area (Å²) in [6.45, 7) is 0. The summed E-state index contributed by atoms with van der Waals surface area (Å²) in [4.78, 5) is 0.905. The van der Waals surface area contributed by atoms with E-state index in [1.54, 1.807) is 12.1 Å². The fourth-order valence-corrected chi connectivity index (χ4v) is 2.73. The summed E-state index contributed by atoms with van der Waals surface area (Å²) in [5, 5.41) is 1.93. The van der Waals surface area contributed by atoms with Crippen molar-refractivity contribution in [2.24, 2.45) is 0 Å². The highest BCUT2D eigenvalue weighted by atomic mass is 79.9. The second kappa shape index (κ2) is 4.33. The molecule has 1 aromatic heterocycles. The van der Waals surface area contributed by atoms with Crippen LogP contribution in [0.5, 0.6) is 5.75 Å². The quantitative estimate of drug-likeness (QED) is 0.799. The third kappa shape index (κ3) is 2.21. The molecule has 4 heteroatoms. The average Bonchev–Trinajstić information content (AvgIpc) is 2.64. The van der Waals surface area contributed by atoms with Crippen molar-refractivity contribution >= 4 is 27.3 Å². The van der Waals surface area contributed by atoms with Gasteiger partial charge >= 0.3 is 0 Å². The lowest BCUT2D eigenvalue weighted by Gasteiger charge is -2.03. The van der Waals surface area contributed by atoms with Crippen LogP contribution in [0.1, 0.15) is 0 Å². The normalized spacial score (nSPS) is 10.3. The van der Waals surface area contributed by atoms with Gasteiger partial charge < -0.3 is 4.74 Å². The second-order valence-electron chi connectivity index (χ2n) is 2.97. The minimum atomic E-state index is -0.260. The summed E-state index contributed by atoms with van der Waals surface area (Å²) in [7, 11) is 1.52. The molecule has 0 aliphatic heterocycles. The summed E-state index contributed by atoms with van der Waals surface area (Å²) in [6.07, 6.45) is 0. The van der Waals surface area contributed by atoms with E-state index in [-0.39, 0.29) is 5.82 Å². The van der Waals surface area contributed by atoms with E-state index in [0.717, 1.165) is 9.35 Å². The largest absolute Gasteiger partial charge is 0.497 e. The fraction of sp³-hybridized carbons (Fsp3) is 0.0909. The fourth-order valence-electron chi connectivity index (χ4n) is 1.28. The van der Waals surface area contributed by atoms with Crippen LogP contribution in [0.25, 0.3) is 10.4 Å². The smallest absolute Gasteiger partial charge is 0.135 e. The van der Waals surface area contributed by atoms with Crippen molar-refractivity contribution in [2.45, 2.75) is 0 Å². The molecule has 0 atom stereocenters. The Balaban J connectivity index is 2.45. The Bertz CT molecular complexity index is 481. The number of ether oxygens (including phenoxy) is 1. The van der Waals surface area contributed by atoms with Gasteiger partial charge in [-0.3, -0.25) is 0 Å². The van der Waals surface area contributed by atoms with Crippen LogP contribution >= 0.6 is 27.3 Å². The zero-order valence-corrected chi connectivity index (χ0v) is 10.4. The third-order valence-corrected chi connectivity index (χ3v) is 3.73. The van der Waals surface area contributed by atoms with E-state index in [9.17, 15) is 4.39 Å². The van der Waals surface area contributed by atoms with Gasteiger partial charge in [-0.25, -0.2) is 4.39 Å². The molecule has 0 unspecified atom stereocenters. The number of methoxy groups -OCH3 is 1. The zero-order valence-electron chi connectivity index (χ0n) is 7.96. The SMILES string of the molecule is COc1ccc(-c2cc(Br)cs2)c(F)c1. The molecular weight excluding hydrogens is 279 g/mol. The molecule has 1 nitrogen and oxygen atoms in total. The van der Waals surface area contributed by atoms with E-state index < -0.39 is 0 Å². The number of rotatable bonds is 2. The topological polar surface area (TPSA) is 9.23 Å². The number of benzene rings is 1. The predicted octanol–water partition coefficient (Wildman–Crippen LogP) is 4.33. The van der Waals surface area contributed by atoms with E-state index in [4.69, 9.17) is 4.74 Å². The number of halogens is 2. The summed E-state index contributed by atoms with van der Waals surface area (Å²) in [5.41, 5.74) is 0.603. The van der Waals surface area contributed by atoms with Gasteiger partial charge in [0.05, 0.1) is 7.11 Å². The molecule has 0 aliphatic carbocycles. The molecule has 0 aliphatic rings. The van der Waals surface area contributed by atoms with E-state index in [1.807, 2.05) is 11.4 Å². The Labute approximate surface area is 99.6 Å². The van der Waals surface area contributed by atoms with Crippen molar-refractivity contribution in [3.05, 3.63) is 39.9 Å². The predicted molar refractivity (Wildman–Crippen MR) is 64.0 cm³/mol. The Kier molecular flexibility index (Phi) is 3.07. The van der Waals surface area contributed by atoms with Gasteiger partial charge in [0, 0.05) is 26.4 Å². The molecule has 1 heterocycles. The Morgan fingerprint density at radius 1 is 1.33 bits per heavy atom. The molecule has 2 rings (SSSR count). The van der Waals surface area contributed by atoms with Crippen molar-refractivity contribution in [1.82, 2.24) is 0 Å². The molecule has 2 aromatic rings. The van der Waals surface area contributed by atoms with Crippen molar-refractivity contribution in [3.63, 3.8) is 0 Å². The minimum absolute atomic E-state index is 0.260. The monoisotopic (exact) mass is 286 g/mol. The first-order chi connectivity index (χ1) is 7.20. The van der Waals surface area contributed by atoms with Gasteiger partial charge in [0.1, 0.15) is 11.6 Å². The van der Waals surface area contributed by atoms with Crippen LogP contribution in [0.3, 0.4) is 0 Å². The Hall–Kier alpha value is -0.870. The maximum atomic E-state index is 13.6. The zero-order chi connectivity index (χ0) is 10.8. The van der Waals surface area contributed by atoms with Crippen LogP contribution < -0.4 is 4.74 Å². The van der Waals surface area contributed by atoms with Crippen molar-refractivity contribution in [2.75, 3.05) is 7.11 Å². The van der Waals surface area contributed by atoms with Crippen LogP contribution in [0.2, 0.25) is 0 Å². The first-order valence-corrected chi connectivity index (χ1v) is 5.96. The van der Waals surface area contributed by atoms with Crippen molar-refractivity contribution in [1.29, 1.82) is 0 Å². The standard InChI is InChI=1S/C11H8BrFOS/c1-14-8-2-3-9(10(13)5-8)11-4-7(12)6-15-11/h2-6H,1H3. The molecule has 0 bridgehead atoms. The highest BCUT2D eigenvalue weighted by molar-refractivity contribution is 9.10. The molecule has 0 radical (unpaired) electrons. The van der Waals surface area contributed by atoms with Gasteiger partial charge in [0.15, 0.2) is 0 Å². The van der Waals surface area contributed by atoms with E-state index in [2.05, 4.69) is 15.9 Å². The highest BCUT2D eigenvalue weighted by Gasteiger charge is 2.08. The summed E-state index contributed by atoms with van der Waals surface area (Å²) in [5.74, 6) is 0.274. The van der Waals surface area contributed by atoms with Crippen molar-refractivity contribution < 1.29 is 9.13 Å². The first-order valence-electron chi connectivity index (χ1n) is 4.28. The van der Waals surface area contributed by atoms with Gasteiger partial charge in [0.25, 0.3) is 0 Å². The maximum Gasteiger partial charge on any atom is 0.135 e. The molecule has 0 N–H and O–H groups in total. The molecule has 15 heavy (non-hydrogen) atoms. The van der Waals surface area contributed by atoms with Gasteiger partial charge in [-0.1, -0.05) is 0 Å². The number of thiophene rings is 1. The van der Waals surface area contributed by atoms with E-state index >= 15 is 0 Å². The Morgan fingerprint density at radius 3 is 2.67 bits per heavy atom. The molecule has 0 spiro atoms. The van der Waals surface area contributed by atoms with Gasteiger partial charge in [-0.05, 0) is 34.1 Å². The maximum absolute atomic E-state index is 13.6.